The molecular formula is C29H28N4O10S2. The van der Waals surface area contributed by atoms with Crippen LogP contribution in [0, 0.1) is 35.0 Å². The average Bonchev–Trinajstić information content (AvgIpc) is 3.38. The van der Waals surface area contributed by atoms with E-state index in [1.54, 1.807) is 13.8 Å². The van der Waals surface area contributed by atoms with Crippen LogP contribution in [0.15, 0.2) is 69.5 Å². The van der Waals surface area contributed by atoms with E-state index in [-0.39, 0.29) is 33.3 Å². The molecule has 4 atom stereocenters. The maximum Gasteiger partial charge on any atom is 0.334 e. The van der Waals surface area contributed by atoms with Gasteiger partial charge in [0.25, 0.3) is 0 Å². The van der Waals surface area contributed by atoms with Crippen LogP contribution in [0.25, 0.3) is 0 Å². The van der Waals surface area contributed by atoms with Gasteiger partial charge in [0.05, 0.1) is 51.4 Å². The fourth-order valence-corrected chi connectivity index (χ4v) is 8.92. The van der Waals surface area contributed by atoms with Gasteiger partial charge in [0, 0.05) is 16.9 Å². The SMILES string of the molecule is CCOC(=O)C1=C(C)C2C3C(=O)N(c4ccc(S(N)(=O)=O)cc4)C(=O)C3C1(C)C1C(=O)N(c3ccc(S(N)(=O)=O)cc3)C(=O)C21. The molecule has 0 radical (unpaired) electrons. The standard InChI is InChI=1S/C29H28N4O10S2/c1-4-43-28(38)21-13(2)18-19-22(26(36)32(24(19)34)14-5-9-16(10-6-14)44(30,39)40)29(21,3)23-20(18)25(35)33(27(23)37)15-7-11-17(12-8-15)45(31,41)42/h5-12,18-20,22-23H,4H2,1-3H3,(H2,30,39,40)(H2,31,41,42). The Labute approximate surface area is 258 Å². The first-order valence-electron chi connectivity index (χ1n) is 13.9. The highest BCUT2D eigenvalue weighted by molar-refractivity contribution is 7.89. The second kappa shape index (κ2) is 9.87. The minimum Gasteiger partial charge on any atom is -0.463 e. The number of hydrogen-bond donors (Lipinski definition) is 2. The van der Waals surface area contributed by atoms with Gasteiger partial charge in [0.1, 0.15) is 0 Å². The van der Waals surface area contributed by atoms with E-state index in [0.717, 1.165) is 34.1 Å². The third-order valence-electron chi connectivity index (χ3n) is 9.53. The number of rotatable bonds is 6. The van der Waals surface area contributed by atoms with Crippen molar-refractivity contribution in [2.24, 2.45) is 45.3 Å². The van der Waals surface area contributed by atoms with Gasteiger partial charge in [-0.1, -0.05) is 12.5 Å². The summed E-state index contributed by atoms with van der Waals surface area (Å²) in [5, 5.41) is 10.4. The van der Waals surface area contributed by atoms with Crippen LogP contribution in [-0.4, -0.2) is 53.0 Å². The Morgan fingerprint density at radius 3 is 1.44 bits per heavy atom. The zero-order chi connectivity index (χ0) is 33.0. The molecule has 2 aliphatic heterocycles. The van der Waals surface area contributed by atoms with Crippen LogP contribution in [0.3, 0.4) is 0 Å². The maximum absolute atomic E-state index is 14.2. The number of carbonyl (C=O) groups excluding carboxylic acids is 5. The zero-order valence-corrected chi connectivity index (χ0v) is 25.8. The highest BCUT2D eigenvalue weighted by Crippen LogP contribution is 2.68. The number of sulfonamides is 2. The summed E-state index contributed by atoms with van der Waals surface area (Å²) in [4.78, 5) is 71.5. The lowest BCUT2D eigenvalue weighted by Crippen LogP contribution is -2.61. The van der Waals surface area contributed by atoms with Crippen molar-refractivity contribution in [3.05, 3.63) is 59.7 Å². The molecule has 0 aromatic heterocycles. The average molecular weight is 657 g/mol. The Morgan fingerprint density at radius 2 is 1.11 bits per heavy atom. The minimum atomic E-state index is -4.06. The number of benzene rings is 2. The van der Waals surface area contributed by atoms with Crippen LogP contribution in [-0.2, 0) is 48.8 Å². The zero-order valence-electron chi connectivity index (χ0n) is 24.2. The molecule has 3 aliphatic carbocycles. The molecule has 7 rings (SSSR count). The van der Waals surface area contributed by atoms with Crippen LogP contribution in [0.1, 0.15) is 20.8 Å². The van der Waals surface area contributed by atoms with Crippen molar-refractivity contribution in [3.63, 3.8) is 0 Å². The van der Waals surface area contributed by atoms with Crippen LogP contribution >= 0.6 is 0 Å². The van der Waals surface area contributed by atoms with Crippen molar-refractivity contribution in [2.45, 2.75) is 30.6 Å². The van der Waals surface area contributed by atoms with Gasteiger partial charge in [-0.15, -0.1) is 0 Å². The van der Waals surface area contributed by atoms with Crippen LogP contribution < -0.4 is 20.1 Å². The summed E-state index contributed by atoms with van der Waals surface area (Å²) in [5.74, 6) is -9.29. The normalized spacial score (nSPS) is 29.4. The van der Waals surface area contributed by atoms with Crippen molar-refractivity contribution >= 4 is 61.0 Å². The fourth-order valence-electron chi connectivity index (χ4n) is 7.89. The van der Waals surface area contributed by atoms with Crippen LogP contribution in [0.2, 0.25) is 0 Å². The highest BCUT2D eigenvalue weighted by Gasteiger charge is 2.77. The van der Waals surface area contributed by atoms with E-state index in [1.807, 2.05) is 0 Å². The monoisotopic (exact) mass is 656 g/mol. The molecule has 4 unspecified atom stereocenters. The van der Waals surface area contributed by atoms with Gasteiger partial charge in [0.15, 0.2) is 0 Å². The number of nitrogens with two attached hydrogens (primary N) is 2. The van der Waals surface area contributed by atoms with E-state index in [9.17, 15) is 40.8 Å². The van der Waals surface area contributed by atoms with E-state index in [4.69, 9.17) is 15.0 Å². The number of carbonyl (C=O) groups is 5. The van der Waals surface area contributed by atoms with Gasteiger partial charge in [0.2, 0.25) is 43.7 Å². The lowest BCUT2D eigenvalue weighted by molar-refractivity contribution is -0.155. The Hall–Kier alpha value is -4.25. The third-order valence-corrected chi connectivity index (χ3v) is 11.4. The number of hydrogen-bond acceptors (Lipinski definition) is 10. The van der Waals surface area contributed by atoms with Crippen LogP contribution in [0.4, 0.5) is 11.4 Å². The van der Waals surface area contributed by atoms with Crippen molar-refractivity contribution in [1.29, 1.82) is 0 Å². The van der Waals surface area contributed by atoms with Crippen molar-refractivity contribution in [1.82, 2.24) is 0 Å². The first-order valence-corrected chi connectivity index (χ1v) is 16.9. The number of esters is 1. The largest absolute Gasteiger partial charge is 0.463 e. The van der Waals surface area contributed by atoms with Crippen molar-refractivity contribution in [2.75, 3.05) is 16.4 Å². The summed E-state index contributed by atoms with van der Waals surface area (Å²) >= 11 is 0. The lowest BCUT2D eigenvalue weighted by Gasteiger charge is -2.55. The molecule has 5 aliphatic rings. The number of nitrogens with zero attached hydrogens (tertiary/aromatic N) is 2. The second-order valence-electron chi connectivity index (χ2n) is 11.7. The van der Waals surface area contributed by atoms with Crippen LogP contribution in [0.5, 0.6) is 0 Å². The number of allylic oxidation sites excluding steroid dienone is 1. The molecule has 0 spiro atoms. The molecule has 236 valence electrons. The van der Waals surface area contributed by atoms with Gasteiger partial charge in [-0.2, -0.15) is 0 Å². The van der Waals surface area contributed by atoms with Gasteiger partial charge in [-0.25, -0.2) is 31.9 Å². The molecule has 2 aromatic carbocycles. The Balaban J connectivity index is 1.49. The molecule has 4 N–H and O–H groups in total. The molecule has 2 aromatic rings. The molecule has 45 heavy (non-hydrogen) atoms. The minimum absolute atomic E-state index is 0.0106. The first kappa shape index (κ1) is 30.8. The predicted octanol–water partition coefficient (Wildman–Crippen LogP) is 0.422. The van der Waals surface area contributed by atoms with Gasteiger partial charge in [-0.3, -0.25) is 29.0 Å². The fraction of sp³-hybridized carbons (Fsp3) is 0.345. The van der Waals surface area contributed by atoms with E-state index >= 15 is 0 Å². The van der Waals surface area contributed by atoms with Gasteiger partial charge >= 0.3 is 5.97 Å². The number of amides is 4. The Morgan fingerprint density at radius 1 is 0.733 bits per heavy atom. The number of ether oxygens (including phenoxy) is 1. The Kier molecular flexibility index (Phi) is 6.75. The molecule has 4 amide bonds. The van der Waals surface area contributed by atoms with Crippen molar-refractivity contribution in [3.8, 4) is 0 Å². The topological polar surface area (TPSA) is 221 Å². The maximum atomic E-state index is 14.2. The van der Waals surface area contributed by atoms with E-state index in [0.29, 0.717) is 5.57 Å². The molecule has 1 saturated carbocycles. The summed E-state index contributed by atoms with van der Waals surface area (Å²) in [7, 11) is -8.12. The smallest absolute Gasteiger partial charge is 0.334 e. The summed E-state index contributed by atoms with van der Waals surface area (Å²) in [5.41, 5.74) is -1.13. The number of imide groups is 2. The molecule has 16 heteroatoms. The molecule has 2 bridgehead atoms. The first-order chi connectivity index (χ1) is 21.0. The molecule has 2 saturated heterocycles. The Bertz CT molecular complexity index is 1850. The van der Waals surface area contributed by atoms with Gasteiger partial charge in [-0.05, 0) is 62.4 Å². The number of primary sulfonamides is 2. The lowest BCUT2D eigenvalue weighted by atomic mass is 9.43. The summed E-state index contributed by atoms with van der Waals surface area (Å²) < 4.78 is 52.4. The van der Waals surface area contributed by atoms with E-state index in [1.165, 1.54) is 31.2 Å². The summed E-state index contributed by atoms with van der Waals surface area (Å²) in [6, 6.07) is 9.63. The number of anilines is 2. The van der Waals surface area contributed by atoms with Gasteiger partial charge < -0.3 is 4.74 Å². The molecule has 2 heterocycles. The van der Waals surface area contributed by atoms with Crippen molar-refractivity contribution < 1.29 is 45.5 Å². The highest BCUT2D eigenvalue weighted by atomic mass is 32.2. The summed E-state index contributed by atoms with van der Waals surface area (Å²) in [6.45, 7) is 4.69. The quantitative estimate of drug-likeness (QED) is 0.322. The molecule has 3 fully saturated rings. The molecule has 14 nitrogen and oxygen atoms in total. The molecular weight excluding hydrogens is 628 g/mol. The second-order valence-corrected chi connectivity index (χ2v) is 14.8. The van der Waals surface area contributed by atoms with E-state index < -0.39 is 84.6 Å². The van der Waals surface area contributed by atoms with E-state index in [2.05, 4.69) is 0 Å². The summed E-state index contributed by atoms with van der Waals surface area (Å²) in [6.07, 6.45) is 0. The third kappa shape index (κ3) is 4.16. The predicted molar refractivity (Wildman–Crippen MR) is 156 cm³/mol.